The molecule has 0 aliphatic rings. The summed E-state index contributed by atoms with van der Waals surface area (Å²) in [5, 5.41) is 14.5. The summed E-state index contributed by atoms with van der Waals surface area (Å²) in [5.41, 5.74) is 0.496. The quantitative estimate of drug-likeness (QED) is 0.166. The standard InChI is InChI=1S/C28H25ClN4O8S2/c1-19-3-14-26(17-27(19)33(35)36)43(39,40)32(23-10-12-24(41-2)13-11-23)18-28(34)30-21-8-15-25(16-9-21)42(37,38)31-22-6-4-20(29)5-7-22/h3-17,31H,18H2,1-2H3,(H,30,34). The smallest absolute Gasteiger partial charge is 0.273 e. The molecule has 4 aromatic carbocycles. The van der Waals surface area contributed by atoms with Crippen molar-refractivity contribution in [2.45, 2.75) is 16.7 Å². The second-order valence-corrected chi connectivity index (χ2v) is 13.1. The van der Waals surface area contributed by atoms with Crippen LogP contribution >= 0.6 is 11.6 Å². The molecule has 0 aromatic heterocycles. The molecule has 224 valence electrons. The van der Waals surface area contributed by atoms with Gasteiger partial charge in [-0.05, 0) is 85.8 Å². The van der Waals surface area contributed by atoms with Gasteiger partial charge in [0.05, 0.1) is 27.5 Å². The zero-order valence-electron chi connectivity index (χ0n) is 22.7. The van der Waals surface area contributed by atoms with Crippen LogP contribution in [0.4, 0.5) is 22.7 Å². The Morgan fingerprint density at radius 1 is 0.884 bits per heavy atom. The molecule has 43 heavy (non-hydrogen) atoms. The fourth-order valence-electron chi connectivity index (χ4n) is 3.92. The molecule has 12 nitrogen and oxygen atoms in total. The van der Waals surface area contributed by atoms with Crippen LogP contribution < -0.4 is 19.1 Å². The lowest BCUT2D eigenvalue weighted by Crippen LogP contribution is -2.38. The van der Waals surface area contributed by atoms with Crippen LogP contribution in [0.15, 0.2) is 101 Å². The number of nitro benzene ring substituents is 1. The second-order valence-electron chi connectivity index (χ2n) is 9.10. The molecular weight excluding hydrogens is 620 g/mol. The number of carbonyl (C=O) groups excluding carboxylic acids is 1. The Labute approximate surface area is 253 Å². The molecular formula is C28H25ClN4O8S2. The SMILES string of the molecule is COc1ccc(N(CC(=O)Nc2ccc(S(=O)(=O)Nc3ccc(Cl)cc3)cc2)S(=O)(=O)c2ccc(C)c([N+](=O)[O-])c2)cc1. The molecule has 4 aromatic rings. The van der Waals surface area contributed by atoms with Crippen LogP contribution in [-0.4, -0.2) is 41.3 Å². The van der Waals surface area contributed by atoms with E-state index in [2.05, 4.69) is 10.0 Å². The molecule has 0 heterocycles. The third kappa shape index (κ3) is 7.41. The van der Waals surface area contributed by atoms with Crippen molar-refractivity contribution in [2.75, 3.05) is 28.0 Å². The number of hydrogen-bond donors (Lipinski definition) is 2. The van der Waals surface area contributed by atoms with Gasteiger partial charge in [0.1, 0.15) is 12.3 Å². The van der Waals surface area contributed by atoms with E-state index in [1.165, 1.54) is 99.0 Å². The number of ether oxygens (including phenoxy) is 1. The largest absolute Gasteiger partial charge is 0.497 e. The first kappa shape index (κ1) is 31.3. The van der Waals surface area contributed by atoms with E-state index >= 15 is 0 Å². The molecule has 2 N–H and O–H groups in total. The third-order valence-corrected chi connectivity index (χ3v) is 9.58. The van der Waals surface area contributed by atoms with Gasteiger partial charge in [0.15, 0.2) is 0 Å². The number of benzene rings is 4. The number of halogens is 1. The predicted molar refractivity (Wildman–Crippen MR) is 163 cm³/mol. The van der Waals surface area contributed by atoms with Gasteiger partial charge in [0, 0.05) is 28.0 Å². The maximum Gasteiger partial charge on any atom is 0.273 e. The van der Waals surface area contributed by atoms with Crippen molar-refractivity contribution >= 4 is 60.3 Å². The molecule has 1 amide bonds. The first-order valence-electron chi connectivity index (χ1n) is 12.4. The second kappa shape index (κ2) is 12.7. The minimum Gasteiger partial charge on any atom is -0.497 e. The van der Waals surface area contributed by atoms with E-state index in [9.17, 15) is 31.7 Å². The van der Waals surface area contributed by atoms with Crippen LogP contribution in [-0.2, 0) is 24.8 Å². The number of nitrogens with zero attached hydrogens (tertiary/aromatic N) is 2. The van der Waals surface area contributed by atoms with Gasteiger partial charge in [0.2, 0.25) is 5.91 Å². The Balaban J connectivity index is 1.57. The van der Waals surface area contributed by atoms with Crippen molar-refractivity contribution in [3.05, 3.63) is 112 Å². The fourth-order valence-corrected chi connectivity index (χ4v) is 6.54. The van der Waals surface area contributed by atoms with Crippen molar-refractivity contribution in [1.29, 1.82) is 0 Å². The molecule has 0 radical (unpaired) electrons. The minimum atomic E-state index is -4.46. The van der Waals surface area contributed by atoms with E-state index in [0.717, 1.165) is 10.4 Å². The van der Waals surface area contributed by atoms with Crippen molar-refractivity contribution in [2.24, 2.45) is 0 Å². The predicted octanol–water partition coefficient (Wildman–Crippen LogP) is 5.20. The van der Waals surface area contributed by atoms with Crippen molar-refractivity contribution in [3.63, 3.8) is 0 Å². The number of nitro groups is 1. The van der Waals surface area contributed by atoms with Crippen molar-refractivity contribution < 1.29 is 31.3 Å². The van der Waals surface area contributed by atoms with Crippen LogP contribution in [0.25, 0.3) is 0 Å². The minimum absolute atomic E-state index is 0.0798. The lowest BCUT2D eigenvalue weighted by molar-refractivity contribution is -0.385. The van der Waals surface area contributed by atoms with Crippen LogP contribution in [0.1, 0.15) is 5.56 Å². The zero-order chi connectivity index (χ0) is 31.4. The van der Waals surface area contributed by atoms with Gasteiger partial charge in [0.25, 0.3) is 25.7 Å². The number of aryl methyl sites for hydroxylation is 1. The summed E-state index contributed by atoms with van der Waals surface area (Å²) in [6.45, 7) is 0.780. The molecule has 0 unspecified atom stereocenters. The Morgan fingerprint density at radius 3 is 2.05 bits per heavy atom. The number of carbonyl (C=O) groups is 1. The molecule has 0 bridgehead atoms. The summed E-state index contributed by atoms with van der Waals surface area (Å²) in [6, 6.07) is 20.7. The van der Waals surface area contributed by atoms with Crippen LogP contribution in [0, 0.1) is 17.0 Å². The Kier molecular flexibility index (Phi) is 9.23. The molecule has 0 atom stereocenters. The summed E-state index contributed by atoms with van der Waals surface area (Å²) in [6.07, 6.45) is 0. The van der Waals surface area contributed by atoms with E-state index in [1.54, 1.807) is 0 Å². The molecule has 4 rings (SSSR count). The lowest BCUT2D eigenvalue weighted by atomic mass is 10.2. The van der Waals surface area contributed by atoms with Gasteiger partial charge < -0.3 is 10.1 Å². The summed E-state index contributed by atoms with van der Waals surface area (Å²) in [7, 11) is -6.97. The molecule has 0 saturated carbocycles. The average molecular weight is 645 g/mol. The highest BCUT2D eigenvalue weighted by molar-refractivity contribution is 7.93. The van der Waals surface area contributed by atoms with Gasteiger partial charge in [-0.3, -0.25) is 23.9 Å². The lowest BCUT2D eigenvalue weighted by Gasteiger charge is -2.24. The Morgan fingerprint density at radius 2 is 1.47 bits per heavy atom. The van der Waals surface area contributed by atoms with Gasteiger partial charge in [-0.15, -0.1) is 0 Å². The van der Waals surface area contributed by atoms with E-state index < -0.39 is 37.4 Å². The molecule has 0 fully saturated rings. The van der Waals surface area contributed by atoms with E-state index in [1.807, 2.05) is 0 Å². The van der Waals surface area contributed by atoms with Gasteiger partial charge in [-0.1, -0.05) is 17.7 Å². The van der Waals surface area contributed by atoms with E-state index in [4.69, 9.17) is 16.3 Å². The van der Waals surface area contributed by atoms with Crippen molar-refractivity contribution in [3.8, 4) is 5.75 Å². The number of methoxy groups -OCH3 is 1. The van der Waals surface area contributed by atoms with Crippen molar-refractivity contribution in [1.82, 2.24) is 0 Å². The number of rotatable bonds is 11. The van der Waals surface area contributed by atoms with Crippen LogP contribution in [0.5, 0.6) is 5.75 Å². The first-order valence-corrected chi connectivity index (χ1v) is 15.7. The summed E-state index contributed by atoms with van der Waals surface area (Å²) < 4.78 is 61.2. The Hall–Kier alpha value is -4.66. The van der Waals surface area contributed by atoms with Gasteiger partial charge >= 0.3 is 0 Å². The molecule has 0 saturated heterocycles. The normalized spacial score (nSPS) is 11.4. The molecule has 0 aliphatic carbocycles. The highest BCUT2D eigenvalue weighted by Crippen LogP contribution is 2.29. The Bertz CT molecular complexity index is 1870. The van der Waals surface area contributed by atoms with E-state index in [0.29, 0.717) is 16.5 Å². The number of amides is 1. The number of anilines is 3. The summed E-state index contributed by atoms with van der Waals surface area (Å²) in [5.74, 6) is -0.312. The molecule has 0 spiro atoms. The monoisotopic (exact) mass is 644 g/mol. The highest BCUT2D eigenvalue weighted by Gasteiger charge is 2.29. The maximum atomic E-state index is 13.7. The summed E-state index contributed by atoms with van der Waals surface area (Å²) in [4.78, 5) is 23.4. The van der Waals surface area contributed by atoms with E-state index in [-0.39, 0.29) is 32.4 Å². The number of hydrogen-bond acceptors (Lipinski definition) is 8. The zero-order valence-corrected chi connectivity index (χ0v) is 25.1. The van der Waals surface area contributed by atoms with Crippen LogP contribution in [0.2, 0.25) is 5.02 Å². The fraction of sp³-hybridized carbons (Fsp3) is 0.107. The van der Waals surface area contributed by atoms with Gasteiger partial charge in [-0.25, -0.2) is 16.8 Å². The summed E-state index contributed by atoms with van der Waals surface area (Å²) >= 11 is 5.84. The third-order valence-electron chi connectivity index (χ3n) is 6.16. The molecule has 0 aliphatic heterocycles. The first-order chi connectivity index (χ1) is 20.3. The highest BCUT2D eigenvalue weighted by atomic mass is 35.5. The topological polar surface area (TPSA) is 165 Å². The number of nitrogens with one attached hydrogen (secondary N) is 2. The maximum absolute atomic E-state index is 13.7. The van der Waals surface area contributed by atoms with Gasteiger partial charge in [-0.2, -0.15) is 0 Å². The number of sulfonamides is 2. The molecule has 15 heteroatoms. The average Bonchev–Trinajstić information content (AvgIpc) is 2.97. The van der Waals surface area contributed by atoms with Crippen LogP contribution in [0.3, 0.4) is 0 Å².